The van der Waals surface area contributed by atoms with Gasteiger partial charge in [-0.05, 0) is 49.7 Å². The molecule has 0 heterocycles. The molecule has 0 saturated heterocycles. The SMILES string of the molecule is C=C[C@@H]1[C@@H](C/C=C\CCCC(=O)O)[C@@H](O)C[C@H]1O[Si](C)(C)C(C)(C)C. The second-order valence-corrected chi connectivity index (χ2v) is 13.4. The number of carbonyl (C=O) groups is 1. The van der Waals surface area contributed by atoms with Crippen LogP contribution in [0.15, 0.2) is 24.8 Å². The van der Waals surface area contributed by atoms with E-state index in [0.717, 1.165) is 12.8 Å². The lowest BCUT2D eigenvalue weighted by Crippen LogP contribution is -2.44. The van der Waals surface area contributed by atoms with Gasteiger partial charge in [0.25, 0.3) is 0 Å². The largest absolute Gasteiger partial charge is 0.481 e. The summed E-state index contributed by atoms with van der Waals surface area (Å²) in [6, 6.07) is 0. The van der Waals surface area contributed by atoms with Crippen LogP contribution in [0.5, 0.6) is 0 Å². The second-order valence-electron chi connectivity index (χ2n) is 8.69. The standard InChI is InChI=1S/C20H36O4Si/c1-7-15-16(12-10-8-9-11-13-19(22)23)17(21)14-18(15)24-25(5,6)20(2,3)4/h7-8,10,15-18,21H,1,9,11-14H2,2-6H3,(H,22,23)/b10-8-/t15-,16-,17+,18-/m1/s1. The minimum absolute atomic E-state index is 0.0406. The maximum Gasteiger partial charge on any atom is 0.303 e. The lowest BCUT2D eigenvalue weighted by molar-refractivity contribution is -0.137. The molecular formula is C20H36O4Si. The van der Waals surface area contributed by atoms with E-state index in [2.05, 4.69) is 46.5 Å². The minimum Gasteiger partial charge on any atom is -0.481 e. The quantitative estimate of drug-likeness (QED) is 0.350. The number of carboxylic acids is 1. The summed E-state index contributed by atoms with van der Waals surface area (Å²) in [6.07, 6.45) is 8.77. The van der Waals surface area contributed by atoms with Gasteiger partial charge >= 0.3 is 5.97 Å². The zero-order valence-corrected chi connectivity index (χ0v) is 17.5. The number of aliphatic carboxylic acids is 1. The molecule has 25 heavy (non-hydrogen) atoms. The molecule has 144 valence electrons. The number of aliphatic hydroxyl groups is 1. The maximum absolute atomic E-state index is 10.5. The van der Waals surface area contributed by atoms with Gasteiger partial charge in [-0.3, -0.25) is 4.79 Å². The van der Waals surface area contributed by atoms with Gasteiger partial charge in [0.15, 0.2) is 8.32 Å². The Bertz CT molecular complexity index is 479. The van der Waals surface area contributed by atoms with Gasteiger partial charge in [0.05, 0.1) is 12.2 Å². The summed E-state index contributed by atoms with van der Waals surface area (Å²) in [4.78, 5) is 10.5. The normalized spacial score (nSPS) is 27.8. The first-order valence-electron chi connectivity index (χ1n) is 9.35. The monoisotopic (exact) mass is 368 g/mol. The van der Waals surface area contributed by atoms with Gasteiger partial charge in [-0.1, -0.05) is 39.0 Å². The van der Waals surface area contributed by atoms with Crippen LogP contribution < -0.4 is 0 Å². The summed E-state index contributed by atoms with van der Waals surface area (Å²) in [5.41, 5.74) is 0. The summed E-state index contributed by atoms with van der Waals surface area (Å²) < 4.78 is 6.56. The van der Waals surface area contributed by atoms with Gasteiger partial charge in [-0.2, -0.15) is 0 Å². The van der Waals surface area contributed by atoms with Crippen LogP contribution in [0, 0.1) is 11.8 Å². The fourth-order valence-electron chi connectivity index (χ4n) is 3.17. The van der Waals surface area contributed by atoms with Crippen molar-refractivity contribution in [1.29, 1.82) is 0 Å². The summed E-state index contributed by atoms with van der Waals surface area (Å²) in [5.74, 6) is -0.465. The molecule has 4 nitrogen and oxygen atoms in total. The number of allylic oxidation sites excluding steroid dienone is 2. The van der Waals surface area contributed by atoms with Crippen LogP contribution >= 0.6 is 0 Å². The van der Waals surface area contributed by atoms with E-state index in [4.69, 9.17) is 9.53 Å². The molecule has 0 aromatic rings. The van der Waals surface area contributed by atoms with Crippen LogP contribution in [0.1, 0.15) is 52.9 Å². The summed E-state index contributed by atoms with van der Waals surface area (Å²) in [5, 5.41) is 19.3. The Morgan fingerprint density at radius 2 is 1.96 bits per heavy atom. The highest BCUT2D eigenvalue weighted by Crippen LogP contribution is 2.43. The van der Waals surface area contributed by atoms with Crippen molar-refractivity contribution in [3.05, 3.63) is 24.8 Å². The number of rotatable bonds is 9. The summed E-state index contributed by atoms with van der Waals surface area (Å²) in [6.45, 7) is 15.2. The van der Waals surface area contributed by atoms with E-state index in [1.54, 1.807) is 0 Å². The zero-order chi connectivity index (χ0) is 19.3. The minimum atomic E-state index is -1.88. The highest BCUT2D eigenvalue weighted by atomic mass is 28.4. The van der Waals surface area contributed by atoms with Crippen LogP contribution in [0.4, 0.5) is 0 Å². The number of carboxylic acid groups (broad SMARTS) is 1. The van der Waals surface area contributed by atoms with Crippen LogP contribution in [-0.4, -0.2) is 36.7 Å². The third kappa shape index (κ3) is 6.39. The van der Waals surface area contributed by atoms with Crippen LogP contribution in [0.2, 0.25) is 18.1 Å². The smallest absolute Gasteiger partial charge is 0.303 e. The molecule has 0 unspecified atom stereocenters. The first kappa shape index (κ1) is 22.1. The van der Waals surface area contributed by atoms with Crippen molar-refractivity contribution >= 4 is 14.3 Å². The third-order valence-corrected chi connectivity index (χ3v) is 10.3. The lowest BCUT2D eigenvalue weighted by atomic mass is 9.90. The van der Waals surface area contributed by atoms with Crippen molar-refractivity contribution in [1.82, 2.24) is 0 Å². The Morgan fingerprint density at radius 1 is 1.32 bits per heavy atom. The molecule has 0 spiro atoms. The molecule has 1 saturated carbocycles. The van der Waals surface area contributed by atoms with E-state index in [1.807, 2.05) is 12.2 Å². The molecule has 2 N–H and O–H groups in total. The van der Waals surface area contributed by atoms with Gasteiger partial charge in [-0.15, -0.1) is 6.58 Å². The molecule has 0 bridgehead atoms. The molecule has 0 amide bonds. The predicted octanol–water partition coefficient (Wildman–Crippen LogP) is 4.76. The summed E-state index contributed by atoms with van der Waals surface area (Å²) in [7, 11) is -1.88. The zero-order valence-electron chi connectivity index (χ0n) is 16.5. The molecule has 1 aliphatic rings. The molecule has 1 rings (SSSR count). The van der Waals surface area contributed by atoms with Crippen molar-refractivity contribution in [2.75, 3.05) is 0 Å². The number of unbranched alkanes of at least 4 members (excludes halogenated alkanes) is 1. The van der Waals surface area contributed by atoms with Gasteiger partial charge < -0.3 is 14.6 Å². The van der Waals surface area contributed by atoms with Crippen LogP contribution in [-0.2, 0) is 9.22 Å². The van der Waals surface area contributed by atoms with Gasteiger partial charge in [0, 0.05) is 12.3 Å². The number of hydrogen-bond acceptors (Lipinski definition) is 3. The van der Waals surface area contributed by atoms with E-state index >= 15 is 0 Å². The molecule has 0 aromatic carbocycles. The van der Waals surface area contributed by atoms with Crippen molar-refractivity contribution in [3.63, 3.8) is 0 Å². The average molecular weight is 369 g/mol. The molecule has 1 fully saturated rings. The second kappa shape index (κ2) is 9.15. The van der Waals surface area contributed by atoms with Crippen molar-refractivity contribution in [2.45, 2.75) is 83.2 Å². The van der Waals surface area contributed by atoms with E-state index < -0.39 is 14.3 Å². The Balaban J connectivity index is 2.63. The van der Waals surface area contributed by atoms with Crippen LogP contribution in [0.3, 0.4) is 0 Å². The fraction of sp³-hybridized carbons (Fsp3) is 0.750. The molecule has 5 heteroatoms. The lowest BCUT2D eigenvalue weighted by Gasteiger charge is -2.39. The molecule has 0 aromatic heterocycles. The molecule has 1 aliphatic carbocycles. The highest BCUT2D eigenvalue weighted by molar-refractivity contribution is 6.74. The van der Waals surface area contributed by atoms with Crippen molar-refractivity contribution in [3.8, 4) is 0 Å². The average Bonchev–Trinajstić information content (AvgIpc) is 2.75. The van der Waals surface area contributed by atoms with Crippen molar-refractivity contribution < 1.29 is 19.4 Å². The fourth-order valence-corrected chi connectivity index (χ4v) is 4.53. The number of hydrogen-bond donors (Lipinski definition) is 2. The van der Waals surface area contributed by atoms with Gasteiger partial charge in [0.2, 0.25) is 0 Å². The molecule has 0 radical (unpaired) electrons. The van der Waals surface area contributed by atoms with E-state index in [0.29, 0.717) is 12.8 Å². The molecular weight excluding hydrogens is 332 g/mol. The van der Waals surface area contributed by atoms with Gasteiger partial charge in [0.1, 0.15) is 0 Å². The van der Waals surface area contributed by atoms with E-state index in [1.165, 1.54) is 0 Å². The van der Waals surface area contributed by atoms with E-state index in [-0.39, 0.29) is 35.5 Å². The summed E-state index contributed by atoms with van der Waals surface area (Å²) >= 11 is 0. The Kier molecular flexibility index (Phi) is 8.10. The maximum atomic E-state index is 10.5. The Morgan fingerprint density at radius 3 is 2.48 bits per heavy atom. The molecule has 4 atom stereocenters. The molecule has 0 aliphatic heterocycles. The van der Waals surface area contributed by atoms with Crippen LogP contribution in [0.25, 0.3) is 0 Å². The first-order valence-corrected chi connectivity index (χ1v) is 12.3. The van der Waals surface area contributed by atoms with E-state index in [9.17, 15) is 9.90 Å². The Labute approximate surface area is 154 Å². The predicted molar refractivity (Wildman–Crippen MR) is 105 cm³/mol. The topological polar surface area (TPSA) is 66.8 Å². The first-order chi connectivity index (χ1) is 11.5. The number of aliphatic hydroxyl groups excluding tert-OH is 1. The van der Waals surface area contributed by atoms with Crippen molar-refractivity contribution in [2.24, 2.45) is 11.8 Å². The third-order valence-electron chi connectivity index (χ3n) is 5.75. The Hall–Kier alpha value is -0.913. The highest BCUT2D eigenvalue weighted by Gasteiger charge is 2.46. The van der Waals surface area contributed by atoms with Gasteiger partial charge in [-0.25, -0.2) is 0 Å².